The van der Waals surface area contributed by atoms with Crippen LogP contribution in [-0.2, 0) is 13.2 Å². The van der Waals surface area contributed by atoms with Gasteiger partial charge >= 0.3 is 6.18 Å². The second kappa shape index (κ2) is 7.91. The van der Waals surface area contributed by atoms with E-state index in [0.717, 1.165) is 12.1 Å². The van der Waals surface area contributed by atoms with Gasteiger partial charge in [-0.3, -0.25) is 14.7 Å². The summed E-state index contributed by atoms with van der Waals surface area (Å²) in [4.78, 5) is 15.6. The molecule has 0 N–H and O–H groups in total. The summed E-state index contributed by atoms with van der Waals surface area (Å²) >= 11 is 0. The van der Waals surface area contributed by atoms with Crippen molar-refractivity contribution in [1.82, 2.24) is 19.4 Å². The highest BCUT2D eigenvalue weighted by Crippen LogP contribution is 2.38. The molecule has 0 radical (unpaired) electrons. The third kappa shape index (κ3) is 3.87. The van der Waals surface area contributed by atoms with Gasteiger partial charge in [0.15, 0.2) is 0 Å². The van der Waals surface area contributed by atoms with Crippen LogP contribution in [0.25, 0.3) is 11.0 Å². The summed E-state index contributed by atoms with van der Waals surface area (Å²) in [6, 6.07) is 4.27. The van der Waals surface area contributed by atoms with Crippen molar-refractivity contribution in [3.63, 3.8) is 0 Å². The fraction of sp³-hybridized carbons (Fsp3) is 0.455. The molecule has 3 atom stereocenters. The molecule has 10 heteroatoms. The van der Waals surface area contributed by atoms with E-state index in [1.54, 1.807) is 6.92 Å². The van der Waals surface area contributed by atoms with Crippen LogP contribution in [0.5, 0.6) is 0 Å². The van der Waals surface area contributed by atoms with Gasteiger partial charge in [-0.1, -0.05) is 6.07 Å². The first-order valence-electron chi connectivity index (χ1n) is 11.7. The van der Waals surface area contributed by atoms with Crippen LogP contribution < -0.4 is 10.6 Å². The third-order valence-corrected chi connectivity index (χ3v) is 6.09. The Morgan fingerprint density at radius 2 is 1.91 bits per heavy atom. The molecule has 0 aliphatic carbocycles. The maximum Gasteiger partial charge on any atom is 0.416 e. The minimum atomic E-state index is -4.68. The van der Waals surface area contributed by atoms with E-state index in [9.17, 15) is 22.4 Å². The molecule has 32 heavy (non-hydrogen) atoms. The summed E-state index contributed by atoms with van der Waals surface area (Å²) in [5.74, 6) is -0.944. The summed E-state index contributed by atoms with van der Waals surface area (Å²) < 4.78 is 78.1. The monoisotopic (exact) mass is 454 g/mol. The van der Waals surface area contributed by atoms with Crippen molar-refractivity contribution < 1.29 is 21.7 Å². The second-order valence-corrected chi connectivity index (χ2v) is 8.25. The molecular formula is C22H25F4N5O. The number of hydrogen-bond acceptors (Lipinski definition) is 4. The predicted molar refractivity (Wildman–Crippen MR) is 114 cm³/mol. The van der Waals surface area contributed by atoms with E-state index in [1.807, 2.05) is 23.8 Å². The van der Waals surface area contributed by atoms with Gasteiger partial charge in [0.05, 0.1) is 29.9 Å². The Balaban J connectivity index is 1.64. The lowest BCUT2D eigenvalue weighted by Crippen LogP contribution is -2.60. The maximum atomic E-state index is 13.6. The Bertz CT molecular complexity index is 1300. The molecule has 1 saturated heterocycles. The van der Waals surface area contributed by atoms with Crippen LogP contribution in [0, 0.1) is 5.82 Å². The van der Waals surface area contributed by atoms with Gasteiger partial charge in [-0.2, -0.15) is 23.1 Å². The van der Waals surface area contributed by atoms with Gasteiger partial charge in [0.25, 0.3) is 5.56 Å². The van der Waals surface area contributed by atoms with Crippen molar-refractivity contribution in [3.8, 4) is 0 Å². The number of alkyl halides is 3. The van der Waals surface area contributed by atoms with Gasteiger partial charge in [-0.15, -0.1) is 0 Å². The lowest BCUT2D eigenvalue weighted by Gasteiger charge is -2.47. The molecule has 3 heterocycles. The van der Waals surface area contributed by atoms with E-state index >= 15 is 0 Å². The fourth-order valence-corrected chi connectivity index (χ4v) is 4.41. The van der Waals surface area contributed by atoms with Gasteiger partial charge in [-0.05, 0) is 44.5 Å². The van der Waals surface area contributed by atoms with Crippen LogP contribution in [0.3, 0.4) is 0 Å². The number of halogens is 4. The van der Waals surface area contributed by atoms with Gasteiger partial charge in [0.1, 0.15) is 11.3 Å². The SMILES string of the molecule is [2H]C([2H])([2H])n1c(=O)ccc2nn(N3C[C@@H](C)N(C(C)c4ccc(F)cc4C(F)(F)F)C[C@@H]3C)cc21. The molecule has 1 unspecified atom stereocenters. The Hall–Kier alpha value is -2.88. The average Bonchev–Trinajstić information content (AvgIpc) is 3.16. The molecule has 1 fully saturated rings. The van der Waals surface area contributed by atoms with Crippen molar-refractivity contribution in [3.05, 3.63) is 63.8 Å². The molecule has 172 valence electrons. The molecule has 4 rings (SSSR count). The van der Waals surface area contributed by atoms with Gasteiger partial charge in [0.2, 0.25) is 0 Å². The van der Waals surface area contributed by atoms with Gasteiger partial charge in [-0.25, -0.2) is 4.39 Å². The zero-order valence-electron chi connectivity index (χ0n) is 20.8. The summed E-state index contributed by atoms with van der Waals surface area (Å²) in [6.07, 6.45) is -3.21. The van der Waals surface area contributed by atoms with Crippen LogP contribution in [0.1, 0.15) is 42.1 Å². The minimum Gasteiger partial charge on any atom is -0.308 e. The highest BCUT2D eigenvalue weighted by atomic mass is 19.4. The van der Waals surface area contributed by atoms with E-state index < -0.39 is 36.1 Å². The molecule has 1 aliphatic rings. The highest BCUT2D eigenvalue weighted by molar-refractivity contribution is 5.73. The first-order valence-corrected chi connectivity index (χ1v) is 10.2. The van der Waals surface area contributed by atoms with Crippen LogP contribution in [0.4, 0.5) is 17.6 Å². The van der Waals surface area contributed by atoms with Crippen LogP contribution >= 0.6 is 0 Å². The number of fused-ring (bicyclic) bond motifs is 1. The van der Waals surface area contributed by atoms with Crippen molar-refractivity contribution in [2.75, 3.05) is 18.1 Å². The first kappa shape index (κ1) is 18.7. The van der Waals surface area contributed by atoms with Crippen molar-refractivity contribution >= 4 is 11.0 Å². The molecule has 1 aromatic carbocycles. The maximum absolute atomic E-state index is 13.6. The molecule has 1 aliphatic heterocycles. The molecule has 2 aromatic heterocycles. The Morgan fingerprint density at radius 3 is 2.59 bits per heavy atom. The zero-order valence-corrected chi connectivity index (χ0v) is 17.8. The molecule has 0 bridgehead atoms. The lowest BCUT2D eigenvalue weighted by atomic mass is 9.96. The molecule has 0 saturated carbocycles. The molecular weight excluding hydrogens is 426 g/mol. The number of benzene rings is 1. The average molecular weight is 454 g/mol. The van der Waals surface area contributed by atoms with Gasteiger partial charge < -0.3 is 4.57 Å². The van der Waals surface area contributed by atoms with Crippen molar-refractivity contribution in [2.45, 2.75) is 45.1 Å². The number of pyridine rings is 1. The standard InChI is InChI=1S/C22H25F4N5O/c1-13-11-30(31-12-20-19(27-31)7-8-21(32)28(20)4)14(2)10-29(13)15(3)17-6-5-16(23)9-18(17)22(24,25)26/h5-9,12-15H,10-11H2,1-4H3/t13-,14+,15?/m1/s1/i4D3. The Labute approximate surface area is 186 Å². The summed E-state index contributed by atoms with van der Waals surface area (Å²) in [5, 5.41) is 6.32. The number of aryl methyl sites for hydroxylation is 1. The van der Waals surface area contributed by atoms with Crippen molar-refractivity contribution in [2.24, 2.45) is 6.98 Å². The smallest absolute Gasteiger partial charge is 0.308 e. The van der Waals surface area contributed by atoms with E-state index in [2.05, 4.69) is 5.10 Å². The van der Waals surface area contributed by atoms with Crippen LogP contribution in [0.15, 0.2) is 41.3 Å². The van der Waals surface area contributed by atoms with Crippen molar-refractivity contribution in [1.29, 1.82) is 0 Å². The molecule has 0 spiro atoms. The second-order valence-electron chi connectivity index (χ2n) is 8.25. The van der Waals surface area contributed by atoms with E-state index in [1.165, 1.54) is 23.1 Å². The quantitative estimate of drug-likeness (QED) is 0.567. The summed E-state index contributed by atoms with van der Waals surface area (Å²) in [7, 11) is 0. The van der Waals surface area contributed by atoms with Crippen LogP contribution in [0.2, 0.25) is 0 Å². The van der Waals surface area contributed by atoms with Crippen LogP contribution in [-0.4, -0.2) is 44.5 Å². The first-order chi connectivity index (χ1) is 16.2. The minimum absolute atomic E-state index is 0.00192. The Morgan fingerprint density at radius 1 is 1.16 bits per heavy atom. The Kier molecular flexibility index (Phi) is 4.62. The number of hydrogen-bond donors (Lipinski definition) is 0. The zero-order chi connectivity index (χ0) is 25.9. The third-order valence-electron chi connectivity index (χ3n) is 6.09. The highest BCUT2D eigenvalue weighted by Gasteiger charge is 2.39. The van der Waals surface area contributed by atoms with Gasteiger partial charge in [0, 0.05) is 35.8 Å². The predicted octanol–water partition coefficient (Wildman–Crippen LogP) is 3.68. The number of piperazine rings is 1. The van der Waals surface area contributed by atoms with E-state index in [4.69, 9.17) is 4.11 Å². The topological polar surface area (TPSA) is 46.3 Å². The molecule has 6 nitrogen and oxygen atoms in total. The normalized spacial score (nSPS) is 23.1. The molecule has 0 amide bonds. The lowest BCUT2D eigenvalue weighted by molar-refractivity contribution is -0.139. The summed E-state index contributed by atoms with van der Waals surface area (Å²) in [6.45, 7) is 3.48. The molecule has 3 aromatic rings. The number of nitrogens with zero attached hydrogens (tertiary/aromatic N) is 5. The van der Waals surface area contributed by atoms with E-state index in [-0.39, 0.29) is 23.2 Å². The van der Waals surface area contributed by atoms with E-state index in [0.29, 0.717) is 29.2 Å². The number of aromatic nitrogens is 3. The largest absolute Gasteiger partial charge is 0.416 e. The fourth-order valence-electron chi connectivity index (χ4n) is 4.41. The number of rotatable bonds is 3. The summed E-state index contributed by atoms with van der Waals surface area (Å²) in [5.41, 5.74) is -1.17.